The molecule has 0 spiro atoms. The van der Waals surface area contributed by atoms with Gasteiger partial charge in [0.05, 0.1) is 0 Å². The van der Waals surface area contributed by atoms with E-state index in [4.69, 9.17) is 10.5 Å². The normalized spacial score (nSPS) is 11.0. The Morgan fingerprint density at radius 1 is 1.14 bits per heavy atom. The molecule has 0 aliphatic heterocycles. The van der Waals surface area contributed by atoms with Gasteiger partial charge in [0.1, 0.15) is 12.1 Å². The maximum absolute atomic E-state index is 6.07. The second-order valence-electron chi connectivity index (χ2n) is 5.07. The van der Waals surface area contributed by atoms with Gasteiger partial charge in [-0.2, -0.15) is 14.6 Å². The van der Waals surface area contributed by atoms with Crippen molar-refractivity contribution in [1.82, 2.24) is 19.6 Å². The van der Waals surface area contributed by atoms with E-state index in [1.54, 1.807) is 4.52 Å². The van der Waals surface area contributed by atoms with Crippen molar-refractivity contribution in [2.75, 3.05) is 0 Å². The zero-order chi connectivity index (χ0) is 15.0. The fourth-order valence-electron chi connectivity index (χ4n) is 2.39. The molecule has 6 nitrogen and oxygen atoms in total. The fraction of sp³-hybridized carbons (Fsp3) is 0.267. The van der Waals surface area contributed by atoms with E-state index in [1.807, 2.05) is 39.0 Å². The number of hydrogen-bond donors (Lipinski definition) is 1. The molecule has 0 aliphatic rings. The number of aromatic nitrogens is 4. The summed E-state index contributed by atoms with van der Waals surface area (Å²) in [5, 5.41) is 4.15. The molecule has 0 atom stereocenters. The Morgan fingerprint density at radius 2 is 1.86 bits per heavy atom. The first-order chi connectivity index (χ1) is 10.1. The third kappa shape index (κ3) is 2.45. The maximum atomic E-state index is 6.07. The van der Waals surface area contributed by atoms with E-state index in [1.165, 1.54) is 6.33 Å². The Morgan fingerprint density at radius 3 is 2.52 bits per heavy atom. The molecule has 0 bridgehead atoms. The van der Waals surface area contributed by atoms with Crippen LogP contribution < -0.4 is 10.5 Å². The predicted octanol–water partition coefficient (Wildman–Crippen LogP) is 2.30. The number of hydrogen-bond acceptors (Lipinski definition) is 5. The van der Waals surface area contributed by atoms with Gasteiger partial charge in [-0.15, -0.1) is 0 Å². The van der Waals surface area contributed by atoms with Crippen molar-refractivity contribution in [3.8, 4) is 11.6 Å². The van der Waals surface area contributed by atoms with Gasteiger partial charge in [-0.3, -0.25) is 0 Å². The molecule has 1 aromatic carbocycles. The molecule has 0 unspecified atom stereocenters. The molecule has 0 fully saturated rings. The van der Waals surface area contributed by atoms with Crippen molar-refractivity contribution in [3.05, 3.63) is 46.9 Å². The highest BCUT2D eigenvalue weighted by molar-refractivity contribution is 5.46. The minimum atomic E-state index is 0.518. The molecule has 3 aromatic rings. The summed E-state index contributed by atoms with van der Waals surface area (Å²) in [5.41, 5.74) is 9.70. The first-order valence-corrected chi connectivity index (χ1v) is 6.74. The number of fused-ring (bicyclic) bond motifs is 1. The summed E-state index contributed by atoms with van der Waals surface area (Å²) in [6.45, 7) is 6.44. The first-order valence-electron chi connectivity index (χ1n) is 6.74. The minimum Gasteiger partial charge on any atom is -0.438 e. The SMILES string of the molecule is Cc1cc(Oc2c(C)cc(CN)cc2C)n2ncnc2n1. The van der Waals surface area contributed by atoms with Gasteiger partial charge in [0.25, 0.3) is 5.78 Å². The van der Waals surface area contributed by atoms with Crippen molar-refractivity contribution in [3.63, 3.8) is 0 Å². The lowest BCUT2D eigenvalue weighted by atomic mass is 10.1. The number of benzene rings is 1. The van der Waals surface area contributed by atoms with Gasteiger partial charge < -0.3 is 10.5 Å². The summed E-state index contributed by atoms with van der Waals surface area (Å²) in [4.78, 5) is 8.40. The van der Waals surface area contributed by atoms with Crippen LogP contribution in [-0.4, -0.2) is 19.6 Å². The van der Waals surface area contributed by atoms with E-state index in [0.29, 0.717) is 18.2 Å². The van der Waals surface area contributed by atoms with E-state index < -0.39 is 0 Å². The summed E-state index contributed by atoms with van der Waals surface area (Å²) in [7, 11) is 0. The van der Waals surface area contributed by atoms with Gasteiger partial charge in [-0.05, 0) is 37.5 Å². The lowest BCUT2D eigenvalue weighted by Gasteiger charge is -2.14. The van der Waals surface area contributed by atoms with Crippen LogP contribution in [0.25, 0.3) is 5.78 Å². The average molecular weight is 283 g/mol. The number of nitrogens with two attached hydrogens (primary N) is 1. The summed E-state index contributed by atoms with van der Waals surface area (Å²) in [6.07, 6.45) is 1.46. The maximum Gasteiger partial charge on any atom is 0.255 e. The van der Waals surface area contributed by atoms with Gasteiger partial charge in [0, 0.05) is 18.3 Å². The Bertz CT molecular complexity index is 786. The largest absolute Gasteiger partial charge is 0.438 e. The molecular weight excluding hydrogens is 266 g/mol. The third-order valence-corrected chi connectivity index (χ3v) is 3.31. The van der Waals surface area contributed by atoms with Crippen LogP contribution in [0.2, 0.25) is 0 Å². The van der Waals surface area contributed by atoms with Crippen molar-refractivity contribution in [1.29, 1.82) is 0 Å². The van der Waals surface area contributed by atoms with Crippen LogP contribution in [0.1, 0.15) is 22.4 Å². The second kappa shape index (κ2) is 5.14. The summed E-state index contributed by atoms with van der Waals surface area (Å²) in [5.74, 6) is 1.94. The van der Waals surface area contributed by atoms with Crippen molar-refractivity contribution in [2.24, 2.45) is 5.73 Å². The van der Waals surface area contributed by atoms with E-state index in [9.17, 15) is 0 Å². The predicted molar refractivity (Wildman–Crippen MR) is 79.4 cm³/mol. The van der Waals surface area contributed by atoms with Gasteiger partial charge >= 0.3 is 0 Å². The highest BCUT2D eigenvalue weighted by Crippen LogP contribution is 2.30. The van der Waals surface area contributed by atoms with E-state index >= 15 is 0 Å². The molecule has 21 heavy (non-hydrogen) atoms. The van der Waals surface area contributed by atoms with Crippen LogP contribution in [0.15, 0.2) is 24.5 Å². The number of ether oxygens (including phenoxy) is 1. The minimum absolute atomic E-state index is 0.518. The van der Waals surface area contributed by atoms with Gasteiger partial charge in [-0.25, -0.2) is 4.98 Å². The van der Waals surface area contributed by atoms with Crippen LogP contribution >= 0.6 is 0 Å². The zero-order valence-corrected chi connectivity index (χ0v) is 12.3. The topological polar surface area (TPSA) is 78.3 Å². The van der Waals surface area contributed by atoms with Crippen LogP contribution in [0.3, 0.4) is 0 Å². The molecule has 2 N–H and O–H groups in total. The van der Waals surface area contributed by atoms with Crippen LogP contribution in [0.5, 0.6) is 11.6 Å². The number of rotatable bonds is 3. The molecular formula is C15H17N5O. The van der Waals surface area contributed by atoms with Crippen LogP contribution in [-0.2, 0) is 6.54 Å². The van der Waals surface area contributed by atoms with Gasteiger partial charge in [0.15, 0.2) is 0 Å². The highest BCUT2D eigenvalue weighted by Gasteiger charge is 2.12. The Kier molecular flexibility index (Phi) is 3.31. The molecule has 2 heterocycles. The molecule has 0 radical (unpaired) electrons. The quantitative estimate of drug-likeness (QED) is 0.798. The van der Waals surface area contributed by atoms with Crippen molar-refractivity contribution < 1.29 is 4.74 Å². The smallest absolute Gasteiger partial charge is 0.255 e. The summed E-state index contributed by atoms with van der Waals surface area (Å²) in [6, 6.07) is 5.92. The molecule has 0 saturated heterocycles. The molecule has 0 saturated carbocycles. The molecule has 2 aromatic heterocycles. The average Bonchev–Trinajstić information content (AvgIpc) is 2.90. The lowest BCUT2D eigenvalue weighted by molar-refractivity contribution is 0.439. The Balaban J connectivity index is 2.08. The molecule has 108 valence electrons. The van der Waals surface area contributed by atoms with Crippen molar-refractivity contribution in [2.45, 2.75) is 27.3 Å². The summed E-state index contributed by atoms with van der Waals surface area (Å²) >= 11 is 0. The third-order valence-electron chi connectivity index (χ3n) is 3.31. The molecule has 3 rings (SSSR count). The van der Waals surface area contributed by atoms with Crippen molar-refractivity contribution >= 4 is 5.78 Å². The highest BCUT2D eigenvalue weighted by atomic mass is 16.5. The summed E-state index contributed by atoms with van der Waals surface area (Å²) < 4.78 is 7.66. The standard InChI is InChI=1S/C15H17N5O/c1-9-4-12(7-16)5-10(2)14(9)21-13-6-11(3)19-15-17-8-18-20(13)15/h4-6,8H,7,16H2,1-3H3. The molecule has 6 heteroatoms. The lowest BCUT2D eigenvalue weighted by Crippen LogP contribution is -2.03. The van der Waals surface area contributed by atoms with Crippen LogP contribution in [0, 0.1) is 20.8 Å². The molecule has 0 amide bonds. The molecule has 0 aliphatic carbocycles. The second-order valence-corrected chi connectivity index (χ2v) is 5.07. The van der Waals surface area contributed by atoms with E-state index in [0.717, 1.165) is 28.1 Å². The first kappa shape index (κ1) is 13.5. The Labute approximate surface area is 122 Å². The van der Waals surface area contributed by atoms with Crippen LogP contribution in [0.4, 0.5) is 0 Å². The van der Waals surface area contributed by atoms with E-state index in [-0.39, 0.29) is 0 Å². The number of nitrogens with zero attached hydrogens (tertiary/aromatic N) is 4. The van der Waals surface area contributed by atoms with E-state index in [2.05, 4.69) is 15.1 Å². The van der Waals surface area contributed by atoms with Gasteiger partial charge in [0.2, 0.25) is 5.88 Å². The number of aryl methyl sites for hydroxylation is 3. The zero-order valence-electron chi connectivity index (χ0n) is 12.3. The fourth-order valence-corrected chi connectivity index (χ4v) is 2.39. The Hall–Kier alpha value is -2.47. The van der Waals surface area contributed by atoms with Gasteiger partial charge in [-0.1, -0.05) is 12.1 Å². The monoisotopic (exact) mass is 283 g/mol.